The predicted molar refractivity (Wildman–Crippen MR) is 104 cm³/mol. The number of nitrogens with zero attached hydrogens (tertiary/aromatic N) is 1. The molecule has 1 amide bonds. The van der Waals surface area contributed by atoms with E-state index in [1.54, 1.807) is 4.90 Å². The highest BCUT2D eigenvalue weighted by Crippen LogP contribution is 2.27. The average molecular weight is 377 g/mol. The van der Waals surface area contributed by atoms with E-state index in [1.807, 2.05) is 54.6 Å². The molecule has 26 heavy (non-hydrogen) atoms. The van der Waals surface area contributed by atoms with Crippen LogP contribution in [0.25, 0.3) is 0 Å². The van der Waals surface area contributed by atoms with Crippen molar-refractivity contribution in [2.75, 3.05) is 19.7 Å². The van der Waals surface area contributed by atoms with Crippen molar-refractivity contribution in [3.8, 4) is 11.5 Å². The summed E-state index contributed by atoms with van der Waals surface area (Å²) < 4.78 is 11.6. The largest absolute Gasteiger partial charge is 0.485 e. The normalized spacial score (nSPS) is 16.5. The van der Waals surface area contributed by atoms with Gasteiger partial charge in [0.25, 0.3) is 5.91 Å². The van der Waals surface area contributed by atoms with Crippen LogP contribution in [-0.4, -0.2) is 36.5 Å². The summed E-state index contributed by atoms with van der Waals surface area (Å²) in [5, 5.41) is 0. The highest BCUT2D eigenvalue weighted by Gasteiger charge is 2.21. The zero-order valence-electron chi connectivity index (χ0n) is 14.7. The van der Waals surface area contributed by atoms with Gasteiger partial charge >= 0.3 is 0 Å². The molecule has 140 valence electrons. The summed E-state index contributed by atoms with van der Waals surface area (Å²) in [6, 6.07) is 17.4. The summed E-state index contributed by atoms with van der Waals surface area (Å²) in [5.41, 5.74) is 7.01. The number of ether oxygens (including phenoxy) is 2. The maximum Gasteiger partial charge on any atom is 0.260 e. The third kappa shape index (κ3) is 5.64. The number of hydrogen-bond acceptors (Lipinski definition) is 4. The van der Waals surface area contributed by atoms with Crippen molar-refractivity contribution in [3.63, 3.8) is 0 Å². The van der Waals surface area contributed by atoms with Crippen molar-refractivity contribution in [1.29, 1.82) is 0 Å². The maximum atomic E-state index is 12.3. The van der Waals surface area contributed by atoms with Crippen LogP contribution in [0, 0.1) is 0 Å². The zero-order valence-corrected chi connectivity index (χ0v) is 15.5. The fourth-order valence-corrected chi connectivity index (χ4v) is 2.89. The Bertz CT molecular complexity index is 696. The van der Waals surface area contributed by atoms with Crippen LogP contribution in [0.15, 0.2) is 54.6 Å². The molecular formula is C20H25ClN2O3. The first-order valence-electron chi connectivity index (χ1n) is 8.64. The highest BCUT2D eigenvalue weighted by atomic mass is 35.5. The molecule has 1 unspecified atom stereocenters. The van der Waals surface area contributed by atoms with Crippen molar-refractivity contribution >= 4 is 18.3 Å². The Hall–Kier alpha value is -2.24. The van der Waals surface area contributed by atoms with Gasteiger partial charge in [0.1, 0.15) is 6.61 Å². The van der Waals surface area contributed by atoms with E-state index in [4.69, 9.17) is 15.2 Å². The third-order valence-electron chi connectivity index (χ3n) is 4.25. The van der Waals surface area contributed by atoms with Crippen LogP contribution in [0.2, 0.25) is 0 Å². The zero-order chi connectivity index (χ0) is 17.5. The van der Waals surface area contributed by atoms with E-state index in [0.717, 1.165) is 24.9 Å². The minimum absolute atomic E-state index is 0. The van der Waals surface area contributed by atoms with Gasteiger partial charge in [0, 0.05) is 19.1 Å². The lowest BCUT2D eigenvalue weighted by Crippen LogP contribution is -2.47. The number of piperidine rings is 1. The van der Waals surface area contributed by atoms with Crippen LogP contribution in [0.3, 0.4) is 0 Å². The first kappa shape index (κ1) is 20.1. The van der Waals surface area contributed by atoms with Gasteiger partial charge in [-0.2, -0.15) is 0 Å². The molecule has 2 aromatic carbocycles. The topological polar surface area (TPSA) is 64.8 Å². The molecule has 1 fully saturated rings. The quantitative estimate of drug-likeness (QED) is 0.841. The lowest BCUT2D eigenvalue weighted by atomic mass is 10.1. The van der Waals surface area contributed by atoms with Gasteiger partial charge in [-0.05, 0) is 30.5 Å². The first-order valence-corrected chi connectivity index (χ1v) is 8.64. The summed E-state index contributed by atoms with van der Waals surface area (Å²) in [6.07, 6.45) is 1.92. The van der Waals surface area contributed by atoms with Crippen molar-refractivity contribution in [1.82, 2.24) is 4.90 Å². The number of carbonyl (C=O) groups is 1. The summed E-state index contributed by atoms with van der Waals surface area (Å²) in [6.45, 7) is 1.81. The van der Waals surface area contributed by atoms with E-state index < -0.39 is 0 Å². The smallest absolute Gasteiger partial charge is 0.260 e. The van der Waals surface area contributed by atoms with Crippen LogP contribution in [-0.2, 0) is 11.4 Å². The van der Waals surface area contributed by atoms with Crippen LogP contribution in [0.1, 0.15) is 18.4 Å². The summed E-state index contributed by atoms with van der Waals surface area (Å²) >= 11 is 0. The molecular weight excluding hydrogens is 352 g/mol. The Morgan fingerprint density at radius 2 is 1.69 bits per heavy atom. The van der Waals surface area contributed by atoms with Gasteiger partial charge in [-0.25, -0.2) is 0 Å². The van der Waals surface area contributed by atoms with Crippen LogP contribution in [0.5, 0.6) is 11.5 Å². The number of nitrogens with two attached hydrogens (primary N) is 1. The second-order valence-corrected chi connectivity index (χ2v) is 6.25. The Balaban J connectivity index is 0.00000243. The lowest BCUT2D eigenvalue weighted by Gasteiger charge is -2.30. The molecule has 0 bridgehead atoms. The number of para-hydroxylation sites is 2. The van der Waals surface area contributed by atoms with Gasteiger partial charge in [0.15, 0.2) is 18.1 Å². The molecule has 1 heterocycles. The fraction of sp³-hybridized carbons (Fsp3) is 0.350. The number of rotatable bonds is 6. The van der Waals surface area contributed by atoms with Crippen molar-refractivity contribution < 1.29 is 14.3 Å². The highest BCUT2D eigenvalue weighted by molar-refractivity contribution is 5.85. The molecule has 0 aliphatic carbocycles. The van der Waals surface area contributed by atoms with Crippen LogP contribution in [0.4, 0.5) is 0 Å². The Morgan fingerprint density at radius 3 is 2.38 bits per heavy atom. The van der Waals surface area contributed by atoms with E-state index >= 15 is 0 Å². The Morgan fingerprint density at radius 1 is 1.04 bits per heavy atom. The number of benzene rings is 2. The number of likely N-dealkylation sites (tertiary alicyclic amines) is 1. The molecule has 3 rings (SSSR count). The SMILES string of the molecule is Cl.NC1CCCN(C(=O)COc2ccccc2OCc2ccccc2)C1. The van der Waals surface area contributed by atoms with Crippen molar-refractivity contribution in [2.24, 2.45) is 5.73 Å². The molecule has 1 atom stereocenters. The molecule has 2 N–H and O–H groups in total. The predicted octanol–water partition coefficient (Wildman–Crippen LogP) is 3.02. The maximum absolute atomic E-state index is 12.3. The van der Waals surface area contributed by atoms with Crippen molar-refractivity contribution in [2.45, 2.75) is 25.5 Å². The van der Waals surface area contributed by atoms with E-state index in [-0.39, 0.29) is 31.0 Å². The molecule has 0 spiro atoms. The van der Waals surface area contributed by atoms with E-state index in [2.05, 4.69) is 0 Å². The van der Waals surface area contributed by atoms with Crippen LogP contribution < -0.4 is 15.2 Å². The minimum atomic E-state index is -0.0342. The summed E-state index contributed by atoms with van der Waals surface area (Å²) in [7, 11) is 0. The molecule has 1 aliphatic rings. The van der Waals surface area contributed by atoms with Crippen molar-refractivity contribution in [3.05, 3.63) is 60.2 Å². The molecule has 1 saturated heterocycles. The average Bonchev–Trinajstić information content (AvgIpc) is 2.66. The first-order chi connectivity index (χ1) is 12.2. The van der Waals surface area contributed by atoms with Crippen LogP contribution >= 0.6 is 12.4 Å². The third-order valence-corrected chi connectivity index (χ3v) is 4.25. The van der Waals surface area contributed by atoms with Gasteiger partial charge in [-0.15, -0.1) is 12.4 Å². The number of hydrogen-bond donors (Lipinski definition) is 1. The summed E-state index contributed by atoms with van der Waals surface area (Å²) in [4.78, 5) is 14.1. The number of amides is 1. The molecule has 0 saturated carbocycles. The van der Waals surface area contributed by atoms with Gasteiger partial charge in [-0.1, -0.05) is 42.5 Å². The molecule has 2 aromatic rings. The van der Waals surface area contributed by atoms with Gasteiger partial charge < -0.3 is 20.1 Å². The van der Waals surface area contributed by atoms with E-state index in [1.165, 1.54) is 0 Å². The van der Waals surface area contributed by atoms with E-state index in [0.29, 0.717) is 24.7 Å². The van der Waals surface area contributed by atoms with Gasteiger partial charge in [0.05, 0.1) is 0 Å². The lowest BCUT2D eigenvalue weighted by molar-refractivity contribution is -0.134. The molecule has 0 radical (unpaired) electrons. The standard InChI is InChI=1S/C20H24N2O3.ClH/c21-17-9-6-12-22(13-17)20(23)15-25-19-11-5-4-10-18(19)24-14-16-7-2-1-3-8-16;/h1-5,7-8,10-11,17H,6,9,12-15,21H2;1H. The minimum Gasteiger partial charge on any atom is -0.485 e. The van der Waals surface area contributed by atoms with Gasteiger partial charge in [0.2, 0.25) is 0 Å². The van der Waals surface area contributed by atoms with E-state index in [9.17, 15) is 4.79 Å². The summed E-state index contributed by atoms with van der Waals surface area (Å²) in [5.74, 6) is 1.18. The molecule has 0 aromatic heterocycles. The second kappa shape index (κ2) is 10.0. The molecule has 1 aliphatic heterocycles. The molecule has 6 heteroatoms. The monoisotopic (exact) mass is 376 g/mol. The fourth-order valence-electron chi connectivity index (χ4n) is 2.89. The Labute approximate surface area is 160 Å². The number of carbonyl (C=O) groups excluding carboxylic acids is 1. The van der Waals surface area contributed by atoms with Gasteiger partial charge in [-0.3, -0.25) is 4.79 Å². The second-order valence-electron chi connectivity index (χ2n) is 6.25. The number of halogens is 1. The Kier molecular flexibility index (Phi) is 7.75. The molecule has 5 nitrogen and oxygen atoms in total.